The lowest BCUT2D eigenvalue weighted by atomic mass is 9.77. The second kappa shape index (κ2) is 9.66. The Morgan fingerprint density at radius 3 is 2.31 bits per heavy atom. The molecule has 0 bridgehead atoms. The van der Waals surface area contributed by atoms with Crippen LogP contribution in [0.3, 0.4) is 0 Å². The van der Waals surface area contributed by atoms with Crippen LogP contribution in [0.2, 0.25) is 0 Å². The molecule has 2 aromatic carbocycles. The molecule has 0 spiro atoms. The highest BCUT2D eigenvalue weighted by atomic mass is 16.7. The van der Waals surface area contributed by atoms with Gasteiger partial charge in [-0.25, -0.2) is 14.8 Å². The maximum atomic E-state index is 12.9. The summed E-state index contributed by atoms with van der Waals surface area (Å²) in [5.41, 5.74) is 5.22. The second-order valence-electron chi connectivity index (χ2n) is 11.0. The van der Waals surface area contributed by atoms with Gasteiger partial charge in [-0.3, -0.25) is 4.40 Å². The summed E-state index contributed by atoms with van der Waals surface area (Å²) in [6.45, 7) is 8.43. The first-order chi connectivity index (χ1) is 18.7. The number of fused-ring (bicyclic) bond motifs is 4. The van der Waals surface area contributed by atoms with Crippen LogP contribution in [-0.2, 0) is 14.0 Å². The first kappa shape index (κ1) is 25.3. The van der Waals surface area contributed by atoms with E-state index in [1.54, 1.807) is 12.4 Å². The van der Waals surface area contributed by atoms with Gasteiger partial charge in [-0.2, -0.15) is 0 Å². The highest BCUT2D eigenvalue weighted by molar-refractivity contribution is 6.56. The maximum absolute atomic E-state index is 12.9. The molecule has 1 amide bonds. The van der Waals surface area contributed by atoms with E-state index in [0.717, 1.165) is 11.2 Å². The summed E-state index contributed by atoms with van der Waals surface area (Å²) in [6.07, 6.45) is 6.75. The number of imidazole rings is 1. The Labute approximate surface area is 228 Å². The van der Waals surface area contributed by atoms with Crippen molar-refractivity contribution < 1.29 is 18.8 Å². The molecule has 0 saturated carbocycles. The number of alkyl carbamates (subject to hydrolysis) is 1. The van der Waals surface area contributed by atoms with Crippen LogP contribution < -0.4 is 5.32 Å². The van der Waals surface area contributed by atoms with Crippen molar-refractivity contribution in [2.45, 2.75) is 44.8 Å². The molecule has 8 nitrogen and oxygen atoms in total. The number of hydrogen-bond acceptors (Lipinski definition) is 6. The predicted octanol–water partition coefficient (Wildman–Crippen LogP) is 5.28. The predicted molar refractivity (Wildman–Crippen MR) is 150 cm³/mol. The van der Waals surface area contributed by atoms with Crippen molar-refractivity contribution in [2.24, 2.45) is 0 Å². The Bertz CT molecular complexity index is 1520. The number of nitrogens with zero attached hydrogens (tertiary/aromatic N) is 3. The van der Waals surface area contributed by atoms with Crippen molar-refractivity contribution in [1.82, 2.24) is 19.7 Å². The molecule has 1 aliphatic heterocycles. The Hall–Kier alpha value is -3.95. The standard InChI is InChI=1S/C30H31BN4O4/c1-29(2)30(3,4)39-31(38-29)20(16-21-18-33-27-32-14-9-15-35(21)27)17-34-28(36)37-19-26-24-12-7-5-10-22(24)23-11-6-8-13-25(23)26/h5-16,18,26H,17,19H2,1-4H3,(H,34,36). The van der Waals surface area contributed by atoms with E-state index in [4.69, 9.17) is 14.0 Å². The van der Waals surface area contributed by atoms with E-state index in [-0.39, 0.29) is 19.1 Å². The van der Waals surface area contributed by atoms with Crippen LogP contribution in [-0.4, -0.2) is 51.9 Å². The van der Waals surface area contributed by atoms with Gasteiger partial charge in [-0.05, 0) is 67.6 Å². The average Bonchev–Trinajstić information content (AvgIpc) is 3.54. The van der Waals surface area contributed by atoms with Crippen molar-refractivity contribution in [1.29, 1.82) is 0 Å². The Balaban J connectivity index is 1.19. The smallest absolute Gasteiger partial charge is 0.449 e. The zero-order chi connectivity index (χ0) is 27.2. The summed E-state index contributed by atoms with van der Waals surface area (Å²) in [4.78, 5) is 21.6. The molecule has 0 radical (unpaired) electrons. The molecule has 1 fully saturated rings. The van der Waals surface area contributed by atoms with Crippen molar-refractivity contribution in [3.63, 3.8) is 0 Å². The maximum Gasteiger partial charge on any atom is 0.492 e. The van der Waals surface area contributed by atoms with Gasteiger partial charge in [0, 0.05) is 24.9 Å². The van der Waals surface area contributed by atoms with E-state index in [1.807, 2.05) is 74.7 Å². The topological polar surface area (TPSA) is 87.0 Å². The number of ether oxygens (including phenoxy) is 1. The summed E-state index contributed by atoms with van der Waals surface area (Å²) >= 11 is 0. The van der Waals surface area contributed by atoms with Crippen molar-refractivity contribution in [3.05, 3.63) is 95.5 Å². The molecule has 3 heterocycles. The van der Waals surface area contributed by atoms with Crippen molar-refractivity contribution in [3.8, 4) is 11.1 Å². The van der Waals surface area contributed by atoms with Gasteiger partial charge >= 0.3 is 13.2 Å². The molecule has 0 atom stereocenters. The van der Waals surface area contributed by atoms with Gasteiger partial charge in [-0.15, -0.1) is 0 Å². The Kier molecular flexibility index (Phi) is 6.28. The van der Waals surface area contributed by atoms with Crippen LogP contribution in [0.15, 0.2) is 78.7 Å². The SMILES string of the molecule is CC1(C)OB(C(=Cc2cnc3ncccn23)CNC(=O)OCC2c3ccccc3-c3ccccc32)OC1(C)C. The Morgan fingerprint density at radius 1 is 1.00 bits per heavy atom. The Morgan fingerprint density at radius 2 is 1.64 bits per heavy atom. The van der Waals surface area contributed by atoms with E-state index < -0.39 is 24.4 Å². The number of hydrogen-bond donors (Lipinski definition) is 1. The first-order valence-electron chi connectivity index (χ1n) is 13.2. The van der Waals surface area contributed by atoms with E-state index in [0.29, 0.717) is 5.78 Å². The van der Waals surface area contributed by atoms with Gasteiger partial charge in [0.25, 0.3) is 0 Å². The zero-order valence-electron chi connectivity index (χ0n) is 22.5. The molecular formula is C30H31BN4O4. The summed E-state index contributed by atoms with van der Waals surface area (Å²) in [6, 6.07) is 18.4. The lowest BCUT2D eigenvalue weighted by Gasteiger charge is -2.32. The molecule has 2 aliphatic rings. The highest BCUT2D eigenvalue weighted by Gasteiger charge is 2.52. The monoisotopic (exact) mass is 522 g/mol. The van der Waals surface area contributed by atoms with Crippen LogP contribution >= 0.6 is 0 Å². The molecule has 1 saturated heterocycles. The molecule has 1 aliphatic carbocycles. The van der Waals surface area contributed by atoms with Crippen molar-refractivity contribution >= 4 is 25.1 Å². The van der Waals surface area contributed by atoms with E-state index in [9.17, 15) is 4.79 Å². The molecule has 0 unspecified atom stereocenters. The summed E-state index contributed by atoms with van der Waals surface area (Å²) in [5.74, 6) is 0.577. The second-order valence-corrected chi connectivity index (χ2v) is 11.0. The fourth-order valence-corrected chi connectivity index (χ4v) is 5.16. The minimum atomic E-state index is -0.647. The molecule has 9 heteroatoms. The molecule has 4 aromatic rings. The number of rotatable bonds is 6. The molecule has 39 heavy (non-hydrogen) atoms. The molecule has 1 N–H and O–H groups in total. The van der Waals surface area contributed by atoms with E-state index in [1.165, 1.54) is 22.3 Å². The number of aromatic nitrogens is 3. The van der Waals surface area contributed by atoms with Crippen LogP contribution in [0.4, 0.5) is 4.79 Å². The number of carbonyl (C=O) groups excluding carboxylic acids is 1. The number of nitrogens with one attached hydrogen (secondary N) is 1. The van der Waals surface area contributed by atoms with Crippen LogP contribution in [0.1, 0.15) is 50.4 Å². The fraction of sp³-hybridized carbons (Fsp3) is 0.300. The van der Waals surface area contributed by atoms with Crippen LogP contribution in [0, 0.1) is 0 Å². The minimum absolute atomic E-state index is 0.00748. The minimum Gasteiger partial charge on any atom is -0.449 e. The van der Waals surface area contributed by atoms with E-state index in [2.05, 4.69) is 39.6 Å². The third kappa shape index (κ3) is 4.62. The molecule has 2 aromatic heterocycles. The molecule has 198 valence electrons. The summed E-state index contributed by atoms with van der Waals surface area (Å²) in [7, 11) is -0.647. The summed E-state index contributed by atoms with van der Waals surface area (Å²) < 4.78 is 20.2. The largest absolute Gasteiger partial charge is 0.492 e. The molecular weight excluding hydrogens is 491 g/mol. The van der Waals surface area contributed by atoms with Gasteiger partial charge in [0.1, 0.15) is 6.61 Å². The third-order valence-electron chi connectivity index (χ3n) is 7.99. The van der Waals surface area contributed by atoms with Gasteiger partial charge in [0.15, 0.2) is 0 Å². The lowest BCUT2D eigenvalue weighted by molar-refractivity contribution is 0.00578. The van der Waals surface area contributed by atoms with Crippen LogP contribution in [0.25, 0.3) is 23.0 Å². The highest BCUT2D eigenvalue weighted by Crippen LogP contribution is 2.44. The van der Waals surface area contributed by atoms with Gasteiger partial charge in [0.2, 0.25) is 5.78 Å². The lowest BCUT2D eigenvalue weighted by Crippen LogP contribution is -2.41. The fourth-order valence-electron chi connectivity index (χ4n) is 5.16. The average molecular weight is 522 g/mol. The third-order valence-corrected chi connectivity index (χ3v) is 7.99. The van der Waals surface area contributed by atoms with Crippen molar-refractivity contribution in [2.75, 3.05) is 13.2 Å². The number of amides is 1. The van der Waals surface area contributed by atoms with Gasteiger partial charge in [-0.1, -0.05) is 48.5 Å². The van der Waals surface area contributed by atoms with Gasteiger partial charge in [0.05, 0.1) is 23.1 Å². The molecule has 6 rings (SSSR count). The zero-order valence-corrected chi connectivity index (χ0v) is 22.5. The number of carbonyl (C=O) groups is 1. The quantitative estimate of drug-likeness (QED) is 0.347. The first-order valence-corrected chi connectivity index (χ1v) is 13.2. The van der Waals surface area contributed by atoms with Crippen LogP contribution in [0.5, 0.6) is 0 Å². The van der Waals surface area contributed by atoms with E-state index >= 15 is 0 Å². The van der Waals surface area contributed by atoms with Gasteiger partial charge < -0.3 is 19.4 Å². The normalized spacial score (nSPS) is 17.7. The number of benzene rings is 2. The summed E-state index contributed by atoms with van der Waals surface area (Å²) in [5, 5.41) is 2.91.